The van der Waals surface area contributed by atoms with Crippen LogP contribution in [0, 0.1) is 11.3 Å². The number of rotatable bonds is 14. The number of carbonyl (C=O) groups is 1. The second-order valence-electron chi connectivity index (χ2n) is 19.3. The highest BCUT2D eigenvalue weighted by Crippen LogP contribution is 2.45. The van der Waals surface area contributed by atoms with Crippen LogP contribution in [0.15, 0.2) is 84.0 Å². The van der Waals surface area contributed by atoms with Crippen molar-refractivity contribution >= 4 is 33.0 Å². The fraction of sp³-hybridized carbons (Fsp3) is 0.660. The first-order chi connectivity index (χ1) is 27.9. The molecule has 59 heavy (non-hydrogen) atoms. The van der Waals surface area contributed by atoms with E-state index in [-0.39, 0.29) is 41.7 Å². The van der Waals surface area contributed by atoms with Crippen molar-refractivity contribution in [3.63, 3.8) is 0 Å². The van der Waals surface area contributed by atoms with Gasteiger partial charge in [-0.1, -0.05) is 155 Å². The molecule has 1 fully saturated rings. The lowest BCUT2D eigenvalue weighted by Crippen LogP contribution is -2.68. The number of esters is 1. The quantitative estimate of drug-likeness (QED) is 0.0877. The van der Waals surface area contributed by atoms with Gasteiger partial charge in [0, 0.05) is 37.7 Å². The Morgan fingerprint density at radius 3 is 1.95 bits per heavy atom. The number of aliphatic hydroxyl groups is 1. The van der Waals surface area contributed by atoms with Crippen LogP contribution in [0.3, 0.4) is 0 Å². The molecular formula is C50H80O7Si2. The maximum atomic E-state index is 14.3. The first-order valence-electron chi connectivity index (χ1n) is 22.8. The summed E-state index contributed by atoms with van der Waals surface area (Å²) in [7, 11) is -3.44. The molecule has 4 rings (SSSR count). The number of hydrogen-bond donors (Lipinski definition) is 1. The van der Waals surface area contributed by atoms with E-state index < -0.39 is 40.0 Å². The minimum atomic E-state index is -2.99. The standard InChI is InChI=1S/C50H80O7Si2/c1-14-18-21-26-40-32-31-37(5)47(57-58(15-2,16-3)17-4)49(11,12)46(52)39(7)33-38(6)44-34-41(35-50(53-13,55-44)36-45(51)54-40)56-59(48(8,9)10,42-27-22-19-23-28-42)43-29-24-20-25-30-43/h19-20,22-25,27-31,33,39-41,44,46-47,52H,14-18,21,26,32,34-36H2,1-13H3/b37-31+,38-33+/t39-,40+,41-,44-,46+,47+,50+/m0/s1. The third-order valence-corrected chi connectivity index (χ3v) is 23.4. The zero-order valence-electron chi connectivity index (χ0n) is 39.1. The highest BCUT2D eigenvalue weighted by atomic mass is 28.4. The summed E-state index contributed by atoms with van der Waals surface area (Å²) >= 11 is 0. The maximum Gasteiger partial charge on any atom is 0.311 e. The van der Waals surface area contributed by atoms with Crippen molar-refractivity contribution in [1.29, 1.82) is 0 Å². The van der Waals surface area contributed by atoms with Gasteiger partial charge in [-0.15, -0.1) is 0 Å². The van der Waals surface area contributed by atoms with Gasteiger partial charge in [0.1, 0.15) is 6.10 Å². The van der Waals surface area contributed by atoms with Crippen molar-refractivity contribution in [3.05, 3.63) is 84.0 Å². The Kier molecular flexibility index (Phi) is 17.7. The lowest BCUT2D eigenvalue weighted by Gasteiger charge is -2.50. The molecule has 2 heterocycles. The number of unbranched alkanes of at least 4 members (excludes halogenated alkanes) is 2. The molecule has 2 bridgehead atoms. The first-order valence-corrected chi connectivity index (χ1v) is 27.2. The summed E-state index contributed by atoms with van der Waals surface area (Å²) in [5.41, 5.74) is 1.44. The normalized spacial score (nSPS) is 29.5. The highest BCUT2D eigenvalue weighted by Gasteiger charge is 2.55. The van der Waals surface area contributed by atoms with Gasteiger partial charge < -0.3 is 28.2 Å². The molecule has 0 aliphatic carbocycles. The number of fused-ring (bicyclic) bond motifs is 2. The van der Waals surface area contributed by atoms with Crippen LogP contribution in [0.4, 0.5) is 0 Å². The van der Waals surface area contributed by atoms with Crippen LogP contribution in [0.25, 0.3) is 0 Å². The van der Waals surface area contributed by atoms with Gasteiger partial charge in [0.25, 0.3) is 8.32 Å². The molecule has 0 radical (unpaired) electrons. The minimum absolute atomic E-state index is 0.0601. The summed E-state index contributed by atoms with van der Waals surface area (Å²) in [4.78, 5) is 14.3. The molecule has 1 saturated heterocycles. The molecule has 0 unspecified atom stereocenters. The number of aliphatic hydroxyl groups excluding tert-OH is 1. The molecule has 2 aromatic rings. The van der Waals surface area contributed by atoms with Crippen LogP contribution in [0.1, 0.15) is 134 Å². The summed E-state index contributed by atoms with van der Waals surface area (Å²) in [5.74, 6) is -1.83. The van der Waals surface area contributed by atoms with E-state index in [1.54, 1.807) is 7.11 Å². The van der Waals surface area contributed by atoms with E-state index in [0.717, 1.165) is 55.0 Å². The molecule has 330 valence electrons. The summed E-state index contributed by atoms with van der Waals surface area (Å²) in [6.45, 7) is 26.5. The number of hydrogen-bond acceptors (Lipinski definition) is 7. The Labute approximate surface area is 360 Å². The Balaban J connectivity index is 1.88. The molecule has 2 aliphatic heterocycles. The van der Waals surface area contributed by atoms with Gasteiger partial charge in [-0.25, -0.2) is 0 Å². The largest absolute Gasteiger partial charge is 0.462 e. The molecule has 0 spiro atoms. The summed E-state index contributed by atoms with van der Waals surface area (Å²) < 4.78 is 34.9. The van der Waals surface area contributed by atoms with Crippen LogP contribution in [0.5, 0.6) is 0 Å². The number of ether oxygens (including phenoxy) is 3. The number of benzene rings is 2. The van der Waals surface area contributed by atoms with Gasteiger partial charge in [-0.05, 0) is 71.4 Å². The van der Waals surface area contributed by atoms with Crippen molar-refractivity contribution < 1.29 is 33.0 Å². The van der Waals surface area contributed by atoms with E-state index in [1.807, 2.05) is 0 Å². The van der Waals surface area contributed by atoms with Crippen molar-refractivity contribution in [1.82, 2.24) is 0 Å². The molecule has 0 saturated carbocycles. The highest BCUT2D eigenvalue weighted by molar-refractivity contribution is 6.99. The smallest absolute Gasteiger partial charge is 0.311 e. The molecular weight excluding hydrogens is 769 g/mol. The van der Waals surface area contributed by atoms with Crippen molar-refractivity contribution in [2.75, 3.05) is 7.11 Å². The average Bonchev–Trinajstić information content (AvgIpc) is 3.21. The third kappa shape index (κ3) is 11.6. The Morgan fingerprint density at radius 2 is 1.44 bits per heavy atom. The van der Waals surface area contributed by atoms with Crippen molar-refractivity contribution in [2.45, 2.75) is 194 Å². The zero-order chi connectivity index (χ0) is 43.6. The fourth-order valence-corrected chi connectivity index (χ4v) is 17.6. The van der Waals surface area contributed by atoms with Crippen molar-refractivity contribution in [2.24, 2.45) is 11.3 Å². The van der Waals surface area contributed by atoms with Gasteiger partial charge in [0.2, 0.25) is 0 Å². The summed E-state index contributed by atoms with van der Waals surface area (Å²) in [6, 6.07) is 24.4. The van der Waals surface area contributed by atoms with E-state index >= 15 is 0 Å². The van der Waals surface area contributed by atoms with E-state index in [9.17, 15) is 9.90 Å². The second kappa shape index (κ2) is 21.1. The SMILES string of the molecule is CCCCC[C@@H]1C/C=C(\C)[C@@H](O[Si](CC)(CC)CC)C(C)(C)[C@H](O)[C@@H](C)/C=C(\C)[C@@H]2C[C@H](O[Si](c3ccccc3)(c3ccccc3)C(C)(C)C)C[C@](OC)(CC(=O)O1)O2. The summed E-state index contributed by atoms with van der Waals surface area (Å²) in [5, 5.41) is 14.6. The average molecular weight is 849 g/mol. The Morgan fingerprint density at radius 1 is 0.864 bits per heavy atom. The predicted octanol–water partition coefficient (Wildman–Crippen LogP) is 11.0. The lowest BCUT2D eigenvalue weighted by atomic mass is 9.73. The molecule has 0 aromatic heterocycles. The third-order valence-electron chi connectivity index (χ3n) is 13.7. The maximum absolute atomic E-state index is 14.3. The van der Waals surface area contributed by atoms with Crippen LogP contribution in [-0.4, -0.2) is 71.1 Å². The predicted molar refractivity (Wildman–Crippen MR) is 248 cm³/mol. The molecule has 2 aromatic carbocycles. The first kappa shape index (κ1) is 49.3. The fourth-order valence-electron chi connectivity index (χ4n) is 9.90. The van der Waals surface area contributed by atoms with Crippen LogP contribution in [-0.2, 0) is 27.9 Å². The van der Waals surface area contributed by atoms with E-state index in [4.69, 9.17) is 23.1 Å². The Bertz CT molecular complexity index is 1620. The van der Waals surface area contributed by atoms with Gasteiger partial charge in [-0.2, -0.15) is 0 Å². The minimum Gasteiger partial charge on any atom is -0.462 e. The van der Waals surface area contributed by atoms with Gasteiger partial charge >= 0.3 is 5.97 Å². The molecule has 7 nitrogen and oxygen atoms in total. The second-order valence-corrected chi connectivity index (χ2v) is 28.3. The van der Waals surface area contributed by atoms with E-state index in [0.29, 0.717) is 19.3 Å². The number of methoxy groups -OCH3 is 1. The topological polar surface area (TPSA) is 83.5 Å². The number of carbonyl (C=O) groups excluding carboxylic acids is 1. The zero-order valence-corrected chi connectivity index (χ0v) is 41.1. The van der Waals surface area contributed by atoms with E-state index in [1.165, 1.54) is 10.4 Å². The lowest BCUT2D eigenvalue weighted by molar-refractivity contribution is -0.279. The van der Waals surface area contributed by atoms with Crippen molar-refractivity contribution in [3.8, 4) is 0 Å². The Hall–Kier alpha value is -2.38. The van der Waals surface area contributed by atoms with Gasteiger partial charge in [-0.3, -0.25) is 4.79 Å². The molecule has 1 N–H and O–H groups in total. The van der Waals surface area contributed by atoms with Gasteiger partial charge in [0.15, 0.2) is 14.1 Å². The molecule has 2 aliphatic rings. The van der Waals surface area contributed by atoms with Crippen LogP contribution >= 0.6 is 0 Å². The number of cyclic esters (lactones) is 1. The van der Waals surface area contributed by atoms with Crippen LogP contribution < -0.4 is 10.4 Å². The molecule has 9 heteroatoms. The van der Waals surface area contributed by atoms with Crippen LogP contribution in [0.2, 0.25) is 23.2 Å². The molecule has 0 amide bonds. The molecule has 7 atom stereocenters. The van der Waals surface area contributed by atoms with Gasteiger partial charge in [0.05, 0.1) is 30.8 Å². The summed E-state index contributed by atoms with van der Waals surface area (Å²) in [6.07, 6.45) is 7.65. The monoisotopic (exact) mass is 849 g/mol. The van der Waals surface area contributed by atoms with E-state index in [2.05, 4.69) is 156 Å².